The minimum absolute atomic E-state index is 0.0406. The van der Waals surface area contributed by atoms with Gasteiger partial charge in [-0.15, -0.1) is 11.3 Å². The van der Waals surface area contributed by atoms with Crippen molar-refractivity contribution in [3.63, 3.8) is 0 Å². The van der Waals surface area contributed by atoms with Crippen molar-refractivity contribution in [2.75, 3.05) is 0 Å². The van der Waals surface area contributed by atoms with Gasteiger partial charge in [-0.3, -0.25) is 4.98 Å². The number of pyridine rings is 1. The van der Waals surface area contributed by atoms with E-state index < -0.39 is 34.3 Å². The van der Waals surface area contributed by atoms with Gasteiger partial charge >= 0.3 is 0 Å². The Balaban J connectivity index is 1.22. The minimum atomic E-state index is -1.05. The molecule has 51 heavy (non-hydrogen) atoms. The smallest absolute Gasteiger partial charge is 0.208 e. The fourth-order valence-corrected chi connectivity index (χ4v) is 8.58. The van der Waals surface area contributed by atoms with Gasteiger partial charge in [-0.05, 0) is 48.5 Å². The Bertz CT molecular complexity index is 3070. The van der Waals surface area contributed by atoms with Crippen LogP contribution in [-0.2, 0) is 0 Å². The standard InChI is InChI=1S/C41H24N4O5S/c46-35-31(36(47)38(49)39(50)37(35)48)33-32-26(12-7-19-42-32)43-41(44-33)20-15-17-21(18-16-20)45-27-13-5-3-10-24(27)29-30-25-11-4-6-14-28(25)51-40(30)23-9-2-1-8-22(23)34(29)45/h1-19,46-50H. The Hall–Kier alpha value is -6.91. The highest BCUT2D eigenvalue weighted by atomic mass is 32.1. The maximum atomic E-state index is 10.8. The Morgan fingerprint density at radius 3 is 1.96 bits per heavy atom. The van der Waals surface area contributed by atoms with E-state index >= 15 is 0 Å². The van der Waals surface area contributed by atoms with Gasteiger partial charge in [0.1, 0.15) is 11.2 Å². The van der Waals surface area contributed by atoms with Gasteiger partial charge in [0.15, 0.2) is 17.3 Å². The average molecular weight is 685 g/mol. The third-order valence-corrected chi connectivity index (χ3v) is 10.8. The second-order valence-corrected chi connectivity index (χ2v) is 13.4. The zero-order valence-corrected chi connectivity index (χ0v) is 27.2. The van der Waals surface area contributed by atoms with Crippen LogP contribution in [0, 0.1) is 0 Å². The highest BCUT2D eigenvalue weighted by Gasteiger charge is 2.28. The molecule has 0 amide bonds. The van der Waals surface area contributed by atoms with E-state index in [1.54, 1.807) is 12.1 Å². The lowest BCUT2D eigenvalue weighted by Gasteiger charge is -2.14. The SMILES string of the molecule is Oc1c(O)c(O)c(-c2nc(-c3ccc(-n4c5ccccc5c5c6c7ccccc7sc6c6ccccc6c54)cc3)nc3cccnc23)c(O)c1O. The first-order valence-electron chi connectivity index (χ1n) is 16.1. The van der Waals surface area contributed by atoms with Gasteiger partial charge in [0.25, 0.3) is 0 Å². The topological polar surface area (TPSA) is 145 Å². The van der Waals surface area contributed by atoms with Gasteiger partial charge in [-0.2, -0.15) is 0 Å². The molecule has 10 aromatic rings. The van der Waals surface area contributed by atoms with Gasteiger partial charge in [0.05, 0.1) is 22.1 Å². The number of fused-ring (bicyclic) bond motifs is 11. The summed E-state index contributed by atoms with van der Waals surface area (Å²) in [6, 6.07) is 36.8. The molecular formula is C41H24N4O5S. The molecule has 4 aromatic heterocycles. The number of hydrogen-bond acceptors (Lipinski definition) is 9. The van der Waals surface area contributed by atoms with Gasteiger partial charge in [-0.1, -0.05) is 60.7 Å². The van der Waals surface area contributed by atoms with Crippen LogP contribution < -0.4 is 0 Å². The molecule has 0 spiro atoms. The van der Waals surface area contributed by atoms with Crippen LogP contribution in [0.1, 0.15) is 0 Å². The molecule has 0 aliphatic carbocycles. The molecule has 4 heterocycles. The van der Waals surface area contributed by atoms with E-state index in [0.717, 1.165) is 27.5 Å². The van der Waals surface area contributed by atoms with E-state index in [-0.39, 0.29) is 17.0 Å². The first kappa shape index (κ1) is 29.0. The molecule has 0 atom stereocenters. The predicted molar refractivity (Wildman–Crippen MR) is 201 cm³/mol. The second-order valence-electron chi connectivity index (χ2n) is 12.4. The van der Waals surface area contributed by atoms with E-state index in [0.29, 0.717) is 11.1 Å². The van der Waals surface area contributed by atoms with E-state index in [9.17, 15) is 25.5 Å². The van der Waals surface area contributed by atoms with E-state index in [2.05, 4.69) is 87.3 Å². The zero-order chi connectivity index (χ0) is 34.5. The summed E-state index contributed by atoms with van der Waals surface area (Å²) in [6.07, 6.45) is 1.50. The number of nitrogens with zero attached hydrogens (tertiary/aromatic N) is 4. The minimum Gasteiger partial charge on any atom is -0.504 e. The van der Waals surface area contributed by atoms with Gasteiger partial charge < -0.3 is 30.1 Å². The molecule has 6 aromatic carbocycles. The van der Waals surface area contributed by atoms with E-state index in [4.69, 9.17) is 4.98 Å². The molecule has 10 heteroatoms. The van der Waals surface area contributed by atoms with Crippen molar-refractivity contribution in [2.45, 2.75) is 0 Å². The van der Waals surface area contributed by atoms with Crippen molar-refractivity contribution < 1.29 is 25.5 Å². The fourth-order valence-electron chi connectivity index (χ4n) is 7.33. The number of benzene rings is 6. The molecule has 0 radical (unpaired) electrons. The Kier molecular flexibility index (Phi) is 6.00. The number of rotatable bonds is 3. The molecule has 0 fully saturated rings. The summed E-state index contributed by atoms with van der Waals surface area (Å²) >= 11 is 1.82. The van der Waals surface area contributed by atoms with Crippen LogP contribution in [0.4, 0.5) is 0 Å². The predicted octanol–water partition coefficient (Wildman–Crippen LogP) is 9.50. The zero-order valence-electron chi connectivity index (χ0n) is 26.4. The molecule has 0 aliphatic heterocycles. The summed E-state index contributed by atoms with van der Waals surface area (Å²) in [5.74, 6) is -4.52. The summed E-state index contributed by atoms with van der Waals surface area (Å²) in [4.78, 5) is 13.7. The molecule has 0 bridgehead atoms. The van der Waals surface area contributed by atoms with Crippen LogP contribution in [0.15, 0.2) is 115 Å². The summed E-state index contributed by atoms with van der Waals surface area (Å²) in [5, 5.41) is 59.4. The number of phenols is 5. The van der Waals surface area contributed by atoms with Crippen LogP contribution >= 0.6 is 11.3 Å². The van der Waals surface area contributed by atoms with Gasteiger partial charge in [0.2, 0.25) is 17.2 Å². The highest BCUT2D eigenvalue weighted by molar-refractivity contribution is 7.27. The number of aromatic hydroxyl groups is 5. The summed E-state index contributed by atoms with van der Waals surface area (Å²) in [7, 11) is 0. The number of hydrogen-bond donors (Lipinski definition) is 5. The summed E-state index contributed by atoms with van der Waals surface area (Å²) < 4.78 is 4.82. The van der Waals surface area contributed by atoms with E-state index in [1.165, 1.54) is 37.1 Å². The summed E-state index contributed by atoms with van der Waals surface area (Å²) in [5.41, 5.74) is 3.92. The van der Waals surface area contributed by atoms with Crippen LogP contribution in [0.25, 0.3) is 92.1 Å². The number of para-hydroxylation sites is 1. The van der Waals surface area contributed by atoms with Gasteiger partial charge in [0, 0.05) is 59.2 Å². The Labute approximate surface area is 291 Å². The molecule has 0 saturated carbocycles. The lowest BCUT2D eigenvalue weighted by molar-refractivity contribution is 0.330. The molecule has 0 saturated heterocycles. The fraction of sp³-hybridized carbons (Fsp3) is 0. The lowest BCUT2D eigenvalue weighted by Crippen LogP contribution is -1.98. The van der Waals surface area contributed by atoms with Crippen molar-refractivity contribution in [3.8, 4) is 57.1 Å². The molecule has 0 unspecified atom stereocenters. The average Bonchev–Trinajstić information content (AvgIpc) is 3.73. The first-order chi connectivity index (χ1) is 24.9. The molecule has 244 valence electrons. The third kappa shape index (κ3) is 3.99. The van der Waals surface area contributed by atoms with Gasteiger partial charge in [-0.25, -0.2) is 9.97 Å². The second kappa shape index (κ2) is 10.5. The van der Waals surface area contributed by atoms with Crippen molar-refractivity contribution >= 4 is 75.1 Å². The van der Waals surface area contributed by atoms with Crippen LogP contribution in [0.3, 0.4) is 0 Å². The normalized spacial score (nSPS) is 11.9. The highest BCUT2D eigenvalue weighted by Crippen LogP contribution is 2.55. The maximum absolute atomic E-state index is 10.8. The van der Waals surface area contributed by atoms with Crippen molar-refractivity contribution in [1.82, 2.24) is 19.5 Å². The monoisotopic (exact) mass is 684 g/mol. The molecule has 9 nitrogen and oxygen atoms in total. The van der Waals surface area contributed by atoms with Crippen LogP contribution in [0.5, 0.6) is 28.7 Å². The maximum Gasteiger partial charge on any atom is 0.208 e. The number of thiophene rings is 1. The molecule has 0 aliphatic rings. The largest absolute Gasteiger partial charge is 0.504 e. The van der Waals surface area contributed by atoms with Crippen molar-refractivity contribution in [2.24, 2.45) is 0 Å². The van der Waals surface area contributed by atoms with Crippen molar-refractivity contribution in [1.29, 1.82) is 0 Å². The molecule has 5 N–H and O–H groups in total. The summed E-state index contributed by atoms with van der Waals surface area (Å²) in [6.45, 7) is 0. The van der Waals surface area contributed by atoms with Crippen molar-refractivity contribution in [3.05, 3.63) is 115 Å². The molecule has 10 rings (SSSR count). The van der Waals surface area contributed by atoms with Crippen LogP contribution in [0.2, 0.25) is 0 Å². The molecular weight excluding hydrogens is 661 g/mol. The number of aromatic nitrogens is 4. The quantitative estimate of drug-likeness (QED) is 0.0914. The Morgan fingerprint density at radius 2 is 1.20 bits per heavy atom. The first-order valence-corrected chi connectivity index (χ1v) is 16.9. The Morgan fingerprint density at radius 1 is 0.549 bits per heavy atom. The van der Waals surface area contributed by atoms with E-state index in [1.807, 2.05) is 35.6 Å². The third-order valence-electron chi connectivity index (χ3n) is 9.59. The lowest BCUT2D eigenvalue weighted by atomic mass is 10.00. The van der Waals surface area contributed by atoms with Crippen LogP contribution in [-0.4, -0.2) is 45.1 Å². The number of phenolic OH excluding ortho intramolecular Hbond substituents is 5.